The molecule has 1 rings (SSSR count). The summed E-state index contributed by atoms with van der Waals surface area (Å²) in [4.78, 5) is 11.8. The molecule has 22 heavy (non-hydrogen) atoms. The van der Waals surface area contributed by atoms with Crippen molar-refractivity contribution in [1.29, 1.82) is 0 Å². The molecular weight excluding hydrogens is 285 g/mol. The maximum absolute atomic E-state index is 13.5. The highest BCUT2D eigenvalue weighted by Gasteiger charge is 2.26. The number of carbonyl (C=O) groups is 1. The monoisotopic (exact) mass is 309 g/mol. The van der Waals surface area contributed by atoms with E-state index in [-0.39, 0.29) is 24.1 Å². The van der Waals surface area contributed by atoms with Gasteiger partial charge < -0.3 is 15.2 Å². The molecule has 2 unspecified atom stereocenters. The molecule has 0 bridgehead atoms. The van der Waals surface area contributed by atoms with Crippen molar-refractivity contribution in [1.82, 2.24) is 5.32 Å². The van der Waals surface area contributed by atoms with E-state index in [1.165, 1.54) is 31.4 Å². The van der Waals surface area contributed by atoms with Gasteiger partial charge in [0.15, 0.2) is 11.6 Å². The van der Waals surface area contributed by atoms with E-state index in [0.717, 1.165) is 6.42 Å². The van der Waals surface area contributed by atoms with Crippen LogP contribution in [0.2, 0.25) is 0 Å². The van der Waals surface area contributed by atoms with E-state index in [0.29, 0.717) is 5.56 Å². The van der Waals surface area contributed by atoms with Crippen LogP contribution >= 0.6 is 0 Å². The molecule has 1 amide bonds. The minimum Gasteiger partial charge on any atom is -0.494 e. The van der Waals surface area contributed by atoms with E-state index in [4.69, 9.17) is 4.74 Å². The number of ether oxygens (including phenoxy) is 1. The van der Waals surface area contributed by atoms with E-state index in [2.05, 4.69) is 5.32 Å². The number of amides is 1. The van der Waals surface area contributed by atoms with Crippen LogP contribution in [0.15, 0.2) is 24.3 Å². The van der Waals surface area contributed by atoms with Gasteiger partial charge in [0, 0.05) is 12.6 Å². The predicted octanol–water partition coefficient (Wildman–Crippen LogP) is 2.76. The van der Waals surface area contributed by atoms with Gasteiger partial charge in [-0.05, 0) is 36.6 Å². The van der Waals surface area contributed by atoms with Crippen molar-refractivity contribution in [3.05, 3.63) is 35.7 Å². The number of aliphatic hydroxyl groups is 1. The Balaban J connectivity index is 2.60. The van der Waals surface area contributed by atoms with Crippen molar-refractivity contribution >= 4 is 12.0 Å². The number of benzene rings is 1. The van der Waals surface area contributed by atoms with Gasteiger partial charge in [-0.3, -0.25) is 4.79 Å². The molecule has 0 saturated heterocycles. The van der Waals surface area contributed by atoms with Crippen molar-refractivity contribution in [2.75, 3.05) is 13.7 Å². The normalized spacial score (nSPS) is 15.4. The quantitative estimate of drug-likeness (QED) is 0.761. The zero-order valence-electron chi connectivity index (χ0n) is 13.5. The molecule has 2 N–H and O–H groups in total. The second-order valence-electron chi connectivity index (χ2n) is 5.61. The average molecular weight is 309 g/mol. The lowest BCUT2D eigenvalue weighted by Crippen LogP contribution is -2.44. The molecule has 2 atom stereocenters. The summed E-state index contributed by atoms with van der Waals surface area (Å²) in [5.41, 5.74) is -0.396. The Bertz CT molecular complexity index is 541. The van der Waals surface area contributed by atoms with Crippen molar-refractivity contribution in [2.24, 2.45) is 5.92 Å². The molecule has 0 radical (unpaired) electrons. The van der Waals surface area contributed by atoms with E-state index >= 15 is 0 Å². The third-order valence-electron chi connectivity index (χ3n) is 3.90. The standard InChI is InChI=1S/C17H24FNO3/c1-5-12(2)17(3,21)11-19-16(20)9-7-13-6-8-15(22-4)14(18)10-13/h6-10,12,21H,5,11H2,1-4H3,(H,19,20)/b9-7+. The highest BCUT2D eigenvalue weighted by molar-refractivity contribution is 5.91. The second-order valence-corrected chi connectivity index (χ2v) is 5.61. The van der Waals surface area contributed by atoms with Crippen molar-refractivity contribution in [2.45, 2.75) is 32.8 Å². The maximum atomic E-state index is 13.5. The van der Waals surface area contributed by atoms with Crippen LogP contribution in [0.25, 0.3) is 6.08 Å². The number of methoxy groups -OCH3 is 1. The summed E-state index contributed by atoms with van der Waals surface area (Å²) in [6.45, 7) is 5.79. The van der Waals surface area contributed by atoms with Gasteiger partial charge in [-0.15, -0.1) is 0 Å². The molecule has 0 aliphatic carbocycles. The molecule has 1 aromatic rings. The molecule has 5 heteroatoms. The van der Waals surface area contributed by atoms with Crippen LogP contribution in [0.1, 0.15) is 32.8 Å². The number of rotatable bonds is 7. The molecule has 0 aliphatic rings. The molecule has 0 heterocycles. The second kappa shape index (κ2) is 7.94. The molecule has 4 nitrogen and oxygen atoms in total. The Morgan fingerprint density at radius 1 is 1.55 bits per heavy atom. The Morgan fingerprint density at radius 2 is 2.23 bits per heavy atom. The number of hydrogen-bond donors (Lipinski definition) is 2. The Labute approximate surface area is 131 Å². The molecule has 0 aliphatic heterocycles. The van der Waals surface area contributed by atoms with Crippen molar-refractivity contribution in [3.8, 4) is 5.75 Å². The van der Waals surface area contributed by atoms with Crippen LogP contribution < -0.4 is 10.1 Å². The fraction of sp³-hybridized carbons (Fsp3) is 0.471. The molecule has 0 saturated carbocycles. The van der Waals surface area contributed by atoms with Crippen molar-refractivity contribution in [3.63, 3.8) is 0 Å². The van der Waals surface area contributed by atoms with Gasteiger partial charge in [-0.1, -0.05) is 26.3 Å². The molecular formula is C17H24FNO3. The predicted molar refractivity (Wildman–Crippen MR) is 85.1 cm³/mol. The zero-order valence-corrected chi connectivity index (χ0v) is 13.5. The van der Waals surface area contributed by atoms with Crippen LogP contribution in [0.4, 0.5) is 4.39 Å². The van der Waals surface area contributed by atoms with Gasteiger partial charge in [-0.2, -0.15) is 0 Å². The van der Waals surface area contributed by atoms with E-state index in [1.54, 1.807) is 13.0 Å². The van der Waals surface area contributed by atoms with Gasteiger partial charge >= 0.3 is 0 Å². The number of carbonyl (C=O) groups excluding carboxylic acids is 1. The number of halogens is 1. The van der Waals surface area contributed by atoms with Gasteiger partial charge in [0.2, 0.25) is 5.91 Å². The first-order chi connectivity index (χ1) is 10.3. The van der Waals surface area contributed by atoms with Gasteiger partial charge in [-0.25, -0.2) is 4.39 Å². The SMILES string of the molecule is CCC(C)C(C)(O)CNC(=O)/C=C/c1ccc(OC)c(F)c1. The highest BCUT2D eigenvalue weighted by atomic mass is 19.1. The third kappa shape index (κ3) is 5.15. The van der Waals surface area contributed by atoms with Gasteiger partial charge in [0.05, 0.1) is 12.7 Å². The van der Waals surface area contributed by atoms with Crippen LogP contribution in [-0.4, -0.2) is 30.3 Å². The Morgan fingerprint density at radius 3 is 2.77 bits per heavy atom. The summed E-state index contributed by atoms with van der Waals surface area (Å²) >= 11 is 0. The summed E-state index contributed by atoms with van der Waals surface area (Å²) in [6, 6.07) is 4.44. The molecule has 1 aromatic carbocycles. The van der Waals surface area contributed by atoms with Crippen LogP contribution in [0.3, 0.4) is 0 Å². The number of hydrogen-bond acceptors (Lipinski definition) is 3. The van der Waals surface area contributed by atoms with Gasteiger partial charge in [0.1, 0.15) is 0 Å². The molecule has 0 aromatic heterocycles. The van der Waals surface area contributed by atoms with E-state index < -0.39 is 11.4 Å². The number of nitrogens with one attached hydrogen (secondary N) is 1. The van der Waals surface area contributed by atoms with E-state index in [1.807, 2.05) is 13.8 Å². The fourth-order valence-electron chi connectivity index (χ4n) is 1.90. The molecule has 0 fully saturated rings. The molecule has 122 valence electrons. The molecule has 0 spiro atoms. The lowest BCUT2D eigenvalue weighted by Gasteiger charge is -2.29. The minimum absolute atomic E-state index is 0.0764. The van der Waals surface area contributed by atoms with Crippen LogP contribution in [0.5, 0.6) is 5.75 Å². The lowest BCUT2D eigenvalue weighted by atomic mass is 9.89. The van der Waals surface area contributed by atoms with Crippen LogP contribution in [-0.2, 0) is 4.79 Å². The lowest BCUT2D eigenvalue weighted by molar-refractivity contribution is -0.118. The topological polar surface area (TPSA) is 58.6 Å². The maximum Gasteiger partial charge on any atom is 0.244 e. The minimum atomic E-state index is -0.954. The van der Waals surface area contributed by atoms with E-state index in [9.17, 15) is 14.3 Å². The largest absolute Gasteiger partial charge is 0.494 e. The smallest absolute Gasteiger partial charge is 0.244 e. The van der Waals surface area contributed by atoms with Gasteiger partial charge in [0.25, 0.3) is 0 Å². The third-order valence-corrected chi connectivity index (χ3v) is 3.90. The van der Waals surface area contributed by atoms with Crippen LogP contribution in [0, 0.1) is 11.7 Å². The summed E-state index contributed by atoms with van der Waals surface area (Å²) < 4.78 is 18.3. The summed E-state index contributed by atoms with van der Waals surface area (Å²) in [5.74, 6) is -0.580. The Kier molecular flexibility index (Phi) is 6.56. The summed E-state index contributed by atoms with van der Waals surface area (Å²) in [7, 11) is 1.39. The fourth-order valence-corrected chi connectivity index (χ4v) is 1.90. The average Bonchev–Trinajstić information content (AvgIpc) is 2.50. The highest BCUT2D eigenvalue weighted by Crippen LogP contribution is 2.19. The zero-order chi connectivity index (χ0) is 16.8. The first kappa shape index (κ1) is 18.2. The first-order valence-corrected chi connectivity index (χ1v) is 7.32. The summed E-state index contributed by atoms with van der Waals surface area (Å²) in [5, 5.41) is 12.9. The first-order valence-electron chi connectivity index (χ1n) is 7.32. The summed E-state index contributed by atoms with van der Waals surface area (Å²) in [6.07, 6.45) is 3.65. The van der Waals surface area contributed by atoms with Crippen molar-refractivity contribution < 1.29 is 19.0 Å². The Hall–Kier alpha value is -1.88.